The van der Waals surface area contributed by atoms with E-state index in [9.17, 15) is 9.59 Å². The number of hydrogen-bond acceptors (Lipinski definition) is 4. The van der Waals surface area contributed by atoms with Crippen LogP contribution in [0, 0.1) is 0 Å². The van der Waals surface area contributed by atoms with Crippen LogP contribution in [0.3, 0.4) is 0 Å². The summed E-state index contributed by atoms with van der Waals surface area (Å²) in [4.78, 5) is 25.7. The fourth-order valence-electron chi connectivity index (χ4n) is 2.75. The third-order valence-corrected chi connectivity index (χ3v) is 5.30. The molecule has 0 saturated carbocycles. The van der Waals surface area contributed by atoms with Gasteiger partial charge in [0.1, 0.15) is 5.37 Å². The van der Waals surface area contributed by atoms with E-state index in [-0.39, 0.29) is 17.2 Å². The molecule has 0 aromatic heterocycles. The summed E-state index contributed by atoms with van der Waals surface area (Å²) in [5, 5.41) is -0.00352. The third kappa shape index (κ3) is 3.60. The van der Waals surface area contributed by atoms with Crippen molar-refractivity contribution < 1.29 is 9.59 Å². The van der Waals surface area contributed by atoms with E-state index in [1.807, 2.05) is 35.2 Å². The topological polar surface area (TPSA) is 75.4 Å². The van der Waals surface area contributed by atoms with Crippen LogP contribution >= 0.6 is 11.8 Å². The van der Waals surface area contributed by atoms with Gasteiger partial charge in [-0.25, -0.2) is 5.84 Å². The van der Waals surface area contributed by atoms with Crippen molar-refractivity contribution in [1.82, 2.24) is 10.3 Å². The van der Waals surface area contributed by atoms with Crippen LogP contribution in [-0.4, -0.2) is 29.0 Å². The number of nitrogens with one attached hydrogen (secondary N) is 1. The number of carbonyl (C=O) groups excluding carboxylic acids is 2. The van der Waals surface area contributed by atoms with E-state index >= 15 is 0 Å². The first-order valence-electron chi connectivity index (χ1n) is 7.75. The van der Waals surface area contributed by atoms with Gasteiger partial charge in [0.15, 0.2) is 0 Å². The lowest BCUT2D eigenvalue weighted by Crippen LogP contribution is -2.31. The Morgan fingerprint density at radius 3 is 2.54 bits per heavy atom. The standard InChI is InChI=1S/C18H19N3O2S/c19-20-17(23)14-6-8-15(9-7-14)18-21(16(22)12-24-18)11-10-13-4-2-1-3-5-13/h1-9,18H,10-12,19H2,(H,20,23). The van der Waals surface area contributed by atoms with Crippen molar-refractivity contribution in [3.63, 3.8) is 0 Å². The first-order chi connectivity index (χ1) is 11.7. The van der Waals surface area contributed by atoms with Crippen LogP contribution in [0.5, 0.6) is 0 Å². The number of nitrogens with zero attached hydrogens (tertiary/aromatic N) is 1. The predicted octanol–water partition coefficient (Wildman–Crippen LogP) is 2.11. The molecule has 0 bridgehead atoms. The first kappa shape index (κ1) is 16.5. The van der Waals surface area contributed by atoms with Crippen molar-refractivity contribution in [1.29, 1.82) is 0 Å². The van der Waals surface area contributed by atoms with Crippen molar-refractivity contribution in [3.05, 3.63) is 71.3 Å². The molecule has 1 heterocycles. The highest BCUT2D eigenvalue weighted by Crippen LogP contribution is 2.38. The van der Waals surface area contributed by atoms with E-state index in [1.165, 1.54) is 5.56 Å². The van der Waals surface area contributed by atoms with Crippen LogP contribution in [0.25, 0.3) is 0 Å². The summed E-state index contributed by atoms with van der Waals surface area (Å²) in [5.74, 6) is 5.47. The molecule has 5 nitrogen and oxygen atoms in total. The molecule has 0 radical (unpaired) electrons. The van der Waals surface area contributed by atoms with Gasteiger partial charge in [-0.1, -0.05) is 42.5 Å². The van der Waals surface area contributed by atoms with Crippen LogP contribution < -0.4 is 11.3 Å². The summed E-state index contributed by atoms with van der Waals surface area (Å²) in [5.41, 5.74) is 4.86. The molecule has 24 heavy (non-hydrogen) atoms. The molecular weight excluding hydrogens is 322 g/mol. The number of nitrogens with two attached hydrogens (primary N) is 1. The van der Waals surface area contributed by atoms with Crippen LogP contribution in [-0.2, 0) is 11.2 Å². The second kappa shape index (κ2) is 7.51. The molecular formula is C18H19N3O2S. The Labute approximate surface area is 145 Å². The van der Waals surface area contributed by atoms with Gasteiger partial charge < -0.3 is 4.90 Å². The molecule has 0 aliphatic carbocycles. The first-order valence-corrected chi connectivity index (χ1v) is 8.80. The molecule has 1 unspecified atom stereocenters. The zero-order valence-corrected chi connectivity index (χ0v) is 14.0. The number of hydrogen-bond donors (Lipinski definition) is 2. The maximum absolute atomic E-state index is 12.2. The SMILES string of the molecule is NNC(=O)c1ccc(C2SCC(=O)N2CCc2ccccc2)cc1. The van der Waals surface area contributed by atoms with E-state index in [2.05, 4.69) is 17.6 Å². The Balaban J connectivity index is 1.71. The number of thioether (sulfide) groups is 1. The van der Waals surface area contributed by atoms with Gasteiger partial charge >= 0.3 is 0 Å². The Morgan fingerprint density at radius 2 is 1.88 bits per heavy atom. The van der Waals surface area contributed by atoms with E-state index in [0.717, 1.165) is 12.0 Å². The number of rotatable bonds is 5. The average Bonchev–Trinajstić information content (AvgIpc) is 3.01. The maximum atomic E-state index is 12.2. The minimum atomic E-state index is -0.322. The molecule has 124 valence electrons. The van der Waals surface area contributed by atoms with Crippen molar-refractivity contribution in [2.24, 2.45) is 5.84 Å². The highest BCUT2D eigenvalue weighted by Gasteiger charge is 2.32. The molecule has 1 atom stereocenters. The molecule has 1 fully saturated rings. The Bertz CT molecular complexity index is 719. The van der Waals surface area contributed by atoms with Crippen LogP contribution in [0.15, 0.2) is 54.6 Å². The van der Waals surface area contributed by atoms with Gasteiger partial charge in [0, 0.05) is 12.1 Å². The molecule has 1 aliphatic rings. The lowest BCUT2D eigenvalue weighted by Gasteiger charge is -2.24. The summed E-state index contributed by atoms with van der Waals surface area (Å²) in [7, 11) is 0. The van der Waals surface area contributed by atoms with Gasteiger partial charge in [-0.15, -0.1) is 11.8 Å². The molecule has 2 aromatic carbocycles. The Morgan fingerprint density at radius 1 is 1.17 bits per heavy atom. The van der Waals surface area contributed by atoms with E-state index in [0.29, 0.717) is 17.9 Å². The molecule has 3 N–H and O–H groups in total. The zero-order chi connectivity index (χ0) is 16.9. The van der Waals surface area contributed by atoms with Crippen molar-refractivity contribution in [3.8, 4) is 0 Å². The Kier molecular flexibility index (Phi) is 5.17. The molecule has 2 aromatic rings. The van der Waals surface area contributed by atoms with Gasteiger partial charge in [0.2, 0.25) is 5.91 Å². The normalized spacial score (nSPS) is 17.1. The van der Waals surface area contributed by atoms with Crippen molar-refractivity contribution in [2.45, 2.75) is 11.8 Å². The molecule has 6 heteroatoms. The molecule has 1 aliphatic heterocycles. The maximum Gasteiger partial charge on any atom is 0.265 e. The lowest BCUT2D eigenvalue weighted by atomic mass is 10.1. The fraction of sp³-hybridized carbons (Fsp3) is 0.222. The number of nitrogen functional groups attached to an aromatic ring is 1. The zero-order valence-electron chi connectivity index (χ0n) is 13.1. The average molecular weight is 341 g/mol. The summed E-state index contributed by atoms with van der Waals surface area (Å²) >= 11 is 1.62. The van der Waals surface area contributed by atoms with E-state index in [1.54, 1.807) is 23.9 Å². The monoisotopic (exact) mass is 341 g/mol. The summed E-state index contributed by atoms with van der Waals surface area (Å²) in [6.45, 7) is 0.686. The predicted molar refractivity (Wildman–Crippen MR) is 95.2 cm³/mol. The van der Waals surface area contributed by atoms with E-state index in [4.69, 9.17) is 5.84 Å². The summed E-state index contributed by atoms with van der Waals surface area (Å²) in [6.07, 6.45) is 0.831. The third-order valence-electron chi connectivity index (χ3n) is 4.04. The smallest absolute Gasteiger partial charge is 0.265 e. The molecule has 1 saturated heterocycles. The lowest BCUT2D eigenvalue weighted by molar-refractivity contribution is -0.128. The second-order valence-electron chi connectivity index (χ2n) is 5.58. The van der Waals surface area contributed by atoms with Crippen LogP contribution in [0.4, 0.5) is 0 Å². The van der Waals surface area contributed by atoms with Gasteiger partial charge in [0.25, 0.3) is 5.91 Å². The van der Waals surface area contributed by atoms with Crippen LogP contribution in [0.2, 0.25) is 0 Å². The number of benzene rings is 2. The highest BCUT2D eigenvalue weighted by molar-refractivity contribution is 8.00. The van der Waals surface area contributed by atoms with Gasteiger partial charge in [-0.3, -0.25) is 15.0 Å². The van der Waals surface area contributed by atoms with Crippen molar-refractivity contribution in [2.75, 3.05) is 12.3 Å². The number of amides is 2. The minimum absolute atomic E-state index is 0.00352. The van der Waals surface area contributed by atoms with Gasteiger partial charge in [-0.2, -0.15) is 0 Å². The summed E-state index contributed by atoms with van der Waals surface area (Å²) in [6, 6.07) is 17.4. The Hall–Kier alpha value is -2.31. The highest BCUT2D eigenvalue weighted by atomic mass is 32.2. The number of hydrazine groups is 1. The minimum Gasteiger partial charge on any atom is -0.326 e. The molecule has 2 amide bonds. The van der Waals surface area contributed by atoms with E-state index < -0.39 is 0 Å². The molecule has 3 rings (SSSR count). The van der Waals surface area contributed by atoms with Gasteiger partial charge in [0.05, 0.1) is 5.75 Å². The molecule has 0 spiro atoms. The largest absolute Gasteiger partial charge is 0.326 e. The summed E-state index contributed by atoms with van der Waals surface area (Å²) < 4.78 is 0. The quantitative estimate of drug-likeness (QED) is 0.496. The van der Waals surface area contributed by atoms with Crippen molar-refractivity contribution >= 4 is 23.6 Å². The number of carbonyl (C=O) groups is 2. The van der Waals surface area contributed by atoms with Gasteiger partial charge in [-0.05, 0) is 29.7 Å². The van der Waals surface area contributed by atoms with Crippen LogP contribution in [0.1, 0.15) is 26.9 Å². The second-order valence-corrected chi connectivity index (χ2v) is 6.65. The fourth-order valence-corrected chi connectivity index (χ4v) is 3.97.